The molecule has 1 rings (SSSR count). The number of ether oxygens (including phenoxy) is 1. The summed E-state index contributed by atoms with van der Waals surface area (Å²) >= 11 is 0. The van der Waals surface area contributed by atoms with Crippen LogP contribution in [0.15, 0.2) is 36.4 Å². The number of hydrogen-bond donors (Lipinski definition) is 0. The molecule has 0 aliphatic carbocycles. The SMILES string of the molecule is C=C(C)C#CC(CC(C)C)OC(=O)c1ccc(CCCC)cc1. The van der Waals surface area contributed by atoms with Gasteiger partial charge in [-0.2, -0.15) is 0 Å². The number of unbranched alkanes of at least 4 members (excludes halogenated alkanes) is 1. The van der Waals surface area contributed by atoms with Crippen molar-refractivity contribution in [2.24, 2.45) is 5.92 Å². The van der Waals surface area contributed by atoms with Gasteiger partial charge in [-0.3, -0.25) is 0 Å². The van der Waals surface area contributed by atoms with Gasteiger partial charge in [-0.05, 0) is 55.4 Å². The van der Waals surface area contributed by atoms with Gasteiger partial charge in [0, 0.05) is 0 Å². The fourth-order valence-electron chi connectivity index (χ4n) is 2.15. The quantitative estimate of drug-likeness (QED) is 0.512. The number of esters is 1. The first-order valence-electron chi connectivity index (χ1n) is 8.39. The van der Waals surface area contributed by atoms with Crippen molar-refractivity contribution in [2.45, 2.75) is 59.5 Å². The Morgan fingerprint density at radius 2 is 1.91 bits per heavy atom. The molecule has 1 atom stereocenters. The Labute approximate surface area is 140 Å². The van der Waals surface area contributed by atoms with Crippen molar-refractivity contribution in [1.29, 1.82) is 0 Å². The van der Waals surface area contributed by atoms with E-state index < -0.39 is 0 Å². The van der Waals surface area contributed by atoms with Crippen LogP contribution >= 0.6 is 0 Å². The minimum Gasteiger partial charge on any atom is -0.446 e. The van der Waals surface area contributed by atoms with Gasteiger partial charge in [-0.1, -0.05) is 57.7 Å². The summed E-state index contributed by atoms with van der Waals surface area (Å²) in [6.45, 7) is 12.0. The predicted octanol–water partition coefficient (Wildman–Crippen LogP) is 5.18. The van der Waals surface area contributed by atoms with E-state index in [1.54, 1.807) is 0 Å². The van der Waals surface area contributed by atoms with Crippen molar-refractivity contribution >= 4 is 5.97 Å². The van der Waals surface area contributed by atoms with Crippen molar-refractivity contribution in [3.8, 4) is 11.8 Å². The molecular weight excluding hydrogens is 284 g/mol. The van der Waals surface area contributed by atoms with E-state index in [1.807, 2.05) is 31.2 Å². The molecule has 1 aromatic rings. The summed E-state index contributed by atoms with van der Waals surface area (Å²) in [4.78, 5) is 12.3. The van der Waals surface area contributed by atoms with Gasteiger partial charge < -0.3 is 4.74 Å². The van der Waals surface area contributed by atoms with E-state index in [4.69, 9.17) is 4.74 Å². The van der Waals surface area contributed by atoms with Crippen LogP contribution in [-0.2, 0) is 11.2 Å². The third-order valence-electron chi connectivity index (χ3n) is 3.39. The molecule has 0 radical (unpaired) electrons. The topological polar surface area (TPSA) is 26.3 Å². The average molecular weight is 312 g/mol. The van der Waals surface area contributed by atoms with Crippen LogP contribution in [0.5, 0.6) is 0 Å². The van der Waals surface area contributed by atoms with Crippen LogP contribution in [0.3, 0.4) is 0 Å². The fourth-order valence-corrected chi connectivity index (χ4v) is 2.15. The largest absolute Gasteiger partial charge is 0.446 e. The number of carbonyl (C=O) groups is 1. The second-order valence-corrected chi connectivity index (χ2v) is 6.37. The maximum absolute atomic E-state index is 12.3. The molecule has 23 heavy (non-hydrogen) atoms. The normalized spacial score (nSPS) is 11.5. The average Bonchev–Trinajstić information content (AvgIpc) is 2.50. The first kappa shape index (κ1) is 19.0. The summed E-state index contributed by atoms with van der Waals surface area (Å²) in [5, 5.41) is 0. The Hall–Kier alpha value is -2.01. The van der Waals surface area contributed by atoms with Crippen LogP contribution in [-0.4, -0.2) is 12.1 Å². The molecule has 1 aromatic carbocycles. The Kier molecular flexibility index (Phi) is 8.19. The molecular formula is C21H28O2. The zero-order valence-corrected chi connectivity index (χ0v) is 14.8. The smallest absolute Gasteiger partial charge is 0.339 e. The summed E-state index contributed by atoms with van der Waals surface area (Å²) in [5.74, 6) is 6.01. The molecule has 0 saturated carbocycles. The molecule has 2 nitrogen and oxygen atoms in total. The van der Waals surface area contributed by atoms with Crippen LogP contribution in [0.25, 0.3) is 0 Å². The number of allylic oxidation sites excluding steroid dienone is 1. The molecule has 0 N–H and O–H groups in total. The molecule has 0 heterocycles. The molecule has 0 aliphatic rings. The van der Waals surface area contributed by atoms with Gasteiger partial charge in [-0.25, -0.2) is 4.79 Å². The predicted molar refractivity (Wildman–Crippen MR) is 96.3 cm³/mol. The van der Waals surface area contributed by atoms with Crippen LogP contribution < -0.4 is 0 Å². The van der Waals surface area contributed by atoms with Gasteiger partial charge in [0.15, 0.2) is 6.10 Å². The summed E-state index contributed by atoms with van der Waals surface area (Å²) in [7, 11) is 0. The molecule has 0 aliphatic heterocycles. The van der Waals surface area contributed by atoms with Crippen molar-refractivity contribution in [1.82, 2.24) is 0 Å². The van der Waals surface area contributed by atoms with Gasteiger partial charge >= 0.3 is 5.97 Å². The van der Waals surface area contributed by atoms with E-state index in [0.717, 1.165) is 24.8 Å². The molecule has 2 heteroatoms. The molecule has 0 saturated heterocycles. The number of benzene rings is 1. The van der Waals surface area contributed by atoms with Crippen LogP contribution in [0.1, 0.15) is 62.9 Å². The Morgan fingerprint density at radius 3 is 2.43 bits per heavy atom. The molecule has 0 bridgehead atoms. The molecule has 0 spiro atoms. The highest BCUT2D eigenvalue weighted by atomic mass is 16.5. The fraction of sp³-hybridized carbons (Fsp3) is 0.476. The molecule has 0 aromatic heterocycles. The second-order valence-electron chi connectivity index (χ2n) is 6.37. The van der Waals surface area contributed by atoms with Gasteiger partial charge in [0.05, 0.1) is 5.56 Å². The highest BCUT2D eigenvalue weighted by Gasteiger charge is 2.15. The number of aryl methyl sites for hydroxylation is 1. The van der Waals surface area contributed by atoms with Crippen molar-refractivity contribution in [3.05, 3.63) is 47.5 Å². The van der Waals surface area contributed by atoms with E-state index >= 15 is 0 Å². The Bertz CT molecular complexity index is 570. The minimum absolute atomic E-state index is 0.311. The zero-order chi connectivity index (χ0) is 17.2. The van der Waals surface area contributed by atoms with Gasteiger partial charge in [0.1, 0.15) is 0 Å². The van der Waals surface area contributed by atoms with Crippen LogP contribution in [0.4, 0.5) is 0 Å². The van der Waals surface area contributed by atoms with E-state index in [0.29, 0.717) is 11.5 Å². The lowest BCUT2D eigenvalue weighted by Crippen LogP contribution is -2.18. The van der Waals surface area contributed by atoms with E-state index in [-0.39, 0.29) is 12.1 Å². The van der Waals surface area contributed by atoms with E-state index in [1.165, 1.54) is 12.0 Å². The lowest BCUT2D eigenvalue weighted by atomic mass is 10.1. The maximum Gasteiger partial charge on any atom is 0.339 e. The molecule has 0 amide bonds. The maximum atomic E-state index is 12.3. The lowest BCUT2D eigenvalue weighted by molar-refractivity contribution is 0.0377. The van der Waals surface area contributed by atoms with Gasteiger partial charge in [0.2, 0.25) is 0 Å². The third kappa shape index (κ3) is 7.70. The van der Waals surface area contributed by atoms with Crippen molar-refractivity contribution in [3.63, 3.8) is 0 Å². The highest BCUT2D eigenvalue weighted by molar-refractivity contribution is 5.89. The van der Waals surface area contributed by atoms with Gasteiger partial charge in [0.25, 0.3) is 0 Å². The van der Waals surface area contributed by atoms with Gasteiger partial charge in [-0.15, -0.1) is 0 Å². The lowest BCUT2D eigenvalue weighted by Gasteiger charge is -2.14. The molecule has 124 valence electrons. The molecule has 0 fully saturated rings. The summed E-state index contributed by atoms with van der Waals surface area (Å²) in [5.41, 5.74) is 2.61. The van der Waals surface area contributed by atoms with E-state index in [2.05, 4.69) is 39.2 Å². The Morgan fingerprint density at radius 1 is 1.26 bits per heavy atom. The number of rotatable bonds is 7. The minimum atomic E-state index is -0.390. The number of hydrogen-bond acceptors (Lipinski definition) is 2. The number of carbonyl (C=O) groups excluding carboxylic acids is 1. The van der Waals surface area contributed by atoms with Crippen LogP contribution in [0, 0.1) is 17.8 Å². The zero-order valence-electron chi connectivity index (χ0n) is 14.8. The summed E-state index contributed by atoms with van der Waals surface area (Å²) < 4.78 is 5.57. The first-order valence-corrected chi connectivity index (χ1v) is 8.39. The molecule has 1 unspecified atom stereocenters. The van der Waals surface area contributed by atoms with Crippen molar-refractivity contribution < 1.29 is 9.53 Å². The van der Waals surface area contributed by atoms with Crippen molar-refractivity contribution in [2.75, 3.05) is 0 Å². The second kappa shape index (κ2) is 9.90. The third-order valence-corrected chi connectivity index (χ3v) is 3.39. The Balaban J connectivity index is 2.74. The van der Waals surface area contributed by atoms with Crippen LogP contribution in [0.2, 0.25) is 0 Å². The summed E-state index contributed by atoms with van der Waals surface area (Å²) in [6.07, 6.45) is 3.71. The monoisotopic (exact) mass is 312 g/mol. The van der Waals surface area contributed by atoms with E-state index in [9.17, 15) is 4.79 Å². The standard InChI is InChI=1S/C21H28O2/c1-6-7-8-18-10-12-19(13-11-18)21(22)23-20(15-17(4)5)14-9-16(2)3/h10-13,17,20H,2,6-8,15H2,1,3-5H3. The first-order chi connectivity index (χ1) is 10.9. The summed E-state index contributed by atoms with van der Waals surface area (Å²) in [6, 6.07) is 7.68. The highest BCUT2D eigenvalue weighted by Crippen LogP contribution is 2.13.